The number of aromatic carboxylic acids is 1. The number of thiophene rings is 1. The number of hydrogen-bond donors (Lipinski definition) is 3. The molecular weight excluding hydrogens is 328 g/mol. The zero-order valence-corrected chi connectivity index (χ0v) is 12.0. The smallest absolute Gasteiger partial charge is 0.340 e. The van der Waals surface area contributed by atoms with Gasteiger partial charge in [0.15, 0.2) is 0 Å². The van der Waals surface area contributed by atoms with Gasteiger partial charge < -0.3 is 15.4 Å². The molecule has 4 nitrogen and oxygen atoms in total. The molecule has 3 N–H and O–H groups in total. The van der Waals surface area contributed by atoms with Crippen LogP contribution in [0.5, 0.6) is 0 Å². The topological polar surface area (TPSA) is 65.1 Å². The van der Waals surface area contributed by atoms with E-state index in [1.165, 1.54) is 11.3 Å². The van der Waals surface area contributed by atoms with E-state index in [0.29, 0.717) is 11.2 Å². The number of para-hydroxylation sites is 1. The van der Waals surface area contributed by atoms with Gasteiger partial charge in [0, 0.05) is 10.9 Å². The van der Waals surface area contributed by atoms with Crippen LogP contribution < -0.4 is 5.32 Å². The number of H-pyrrole nitrogens is 1. The fourth-order valence-corrected chi connectivity index (χ4v) is 3.25. The van der Waals surface area contributed by atoms with Gasteiger partial charge in [-0.05, 0) is 34.1 Å². The Balaban J connectivity index is 2.12. The summed E-state index contributed by atoms with van der Waals surface area (Å²) in [5.74, 6) is -0.446. The number of anilines is 2. The summed E-state index contributed by atoms with van der Waals surface area (Å²) in [5.41, 5.74) is 1.07. The maximum atomic E-state index is 11.4. The minimum atomic E-state index is -0.949. The molecule has 0 saturated heterocycles. The van der Waals surface area contributed by atoms with E-state index in [-0.39, 0.29) is 5.56 Å². The summed E-state index contributed by atoms with van der Waals surface area (Å²) in [5, 5.41) is 14.1. The summed E-state index contributed by atoms with van der Waals surface area (Å²) in [6.07, 6.45) is 0. The molecular formula is C13H9BrN2O2S. The van der Waals surface area contributed by atoms with Crippen LogP contribution in [0, 0.1) is 0 Å². The van der Waals surface area contributed by atoms with Gasteiger partial charge in [-0.2, -0.15) is 0 Å². The Morgan fingerprint density at radius 3 is 2.74 bits per heavy atom. The molecule has 0 aliphatic rings. The second-order valence-corrected chi connectivity index (χ2v) is 6.42. The third-order valence-corrected chi connectivity index (χ3v) is 4.28. The normalized spacial score (nSPS) is 10.8. The van der Waals surface area contributed by atoms with Crippen molar-refractivity contribution >= 4 is 55.0 Å². The molecule has 0 aliphatic heterocycles. The highest BCUT2D eigenvalue weighted by Gasteiger charge is 2.17. The molecule has 0 amide bonds. The molecule has 0 atom stereocenters. The number of aromatic amines is 1. The van der Waals surface area contributed by atoms with Gasteiger partial charge in [0.1, 0.15) is 11.4 Å². The lowest BCUT2D eigenvalue weighted by Gasteiger charge is -2.02. The lowest BCUT2D eigenvalue weighted by atomic mass is 10.1. The quantitative estimate of drug-likeness (QED) is 0.662. The molecule has 0 aliphatic carbocycles. The summed E-state index contributed by atoms with van der Waals surface area (Å²) in [6.45, 7) is 0. The van der Waals surface area contributed by atoms with Crippen molar-refractivity contribution in [2.75, 3.05) is 5.32 Å². The number of rotatable bonds is 3. The predicted molar refractivity (Wildman–Crippen MR) is 80.6 cm³/mol. The molecule has 96 valence electrons. The standard InChI is InChI=1S/C13H9BrN2O2S/c14-9-5-6-10(19-9)16-12-11(13(17)18)7-3-1-2-4-8(7)15-12/h1-6,15-16H,(H,17,18). The summed E-state index contributed by atoms with van der Waals surface area (Å²) in [6, 6.07) is 11.2. The van der Waals surface area contributed by atoms with Crippen molar-refractivity contribution < 1.29 is 9.90 Å². The first-order valence-corrected chi connectivity index (χ1v) is 7.12. The molecule has 6 heteroatoms. The summed E-state index contributed by atoms with van der Waals surface area (Å²) < 4.78 is 0.989. The molecule has 0 bridgehead atoms. The van der Waals surface area contributed by atoms with Crippen molar-refractivity contribution in [3.05, 3.63) is 45.7 Å². The molecule has 0 unspecified atom stereocenters. The van der Waals surface area contributed by atoms with Crippen LogP contribution in [0.4, 0.5) is 10.8 Å². The maximum absolute atomic E-state index is 11.4. The predicted octanol–water partition coefficient (Wildman–Crippen LogP) is 4.43. The summed E-state index contributed by atoms with van der Waals surface area (Å²) in [7, 11) is 0. The molecule has 2 heterocycles. The van der Waals surface area contributed by atoms with Gasteiger partial charge in [0.25, 0.3) is 0 Å². The highest BCUT2D eigenvalue weighted by molar-refractivity contribution is 9.11. The average Bonchev–Trinajstić information content (AvgIpc) is 2.92. The van der Waals surface area contributed by atoms with E-state index in [4.69, 9.17) is 0 Å². The zero-order valence-electron chi connectivity index (χ0n) is 9.61. The molecule has 1 aromatic carbocycles. The van der Waals surface area contributed by atoms with Crippen molar-refractivity contribution in [2.24, 2.45) is 0 Å². The Kier molecular flexibility index (Phi) is 3.04. The number of carbonyl (C=O) groups is 1. The van der Waals surface area contributed by atoms with E-state index in [1.807, 2.05) is 30.3 Å². The molecule has 2 aromatic heterocycles. The SMILES string of the molecule is O=C(O)c1c(Nc2ccc(Br)s2)[nH]c2ccccc12. The monoisotopic (exact) mass is 336 g/mol. The van der Waals surface area contributed by atoms with Crippen LogP contribution in [0.15, 0.2) is 40.2 Å². The van der Waals surface area contributed by atoms with E-state index in [0.717, 1.165) is 14.3 Å². The highest BCUT2D eigenvalue weighted by Crippen LogP contribution is 2.32. The second kappa shape index (κ2) is 4.71. The van der Waals surface area contributed by atoms with Crippen molar-refractivity contribution in [1.82, 2.24) is 4.98 Å². The van der Waals surface area contributed by atoms with Crippen LogP contribution >= 0.6 is 27.3 Å². The molecule has 0 fully saturated rings. The first kappa shape index (κ1) is 12.3. The minimum absolute atomic E-state index is 0.264. The van der Waals surface area contributed by atoms with Crippen LogP contribution in [-0.4, -0.2) is 16.1 Å². The van der Waals surface area contributed by atoms with E-state index in [9.17, 15) is 9.90 Å². The van der Waals surface area contributed by atoms with E-state index in [1.54, 1.807) is 6.07 Å². The van der Waals surface area contributed by atoms with Crippen molar-refractivity contribution in [3.8, 4) is 0 Å². The molecule has 3 rings (SSSR count). The van der Waals surface area contributed by atoms with E-state index < -0.39 is 5.97 Å². The van der Waals surface area contributed by atoms with Gasteiger partial charge in [-0.1, -0.05) is 18.2 Å². The Morgan fingerprint density at radius 1 is 1.26 bits per heavy atom. The fourth-order valence-electron chi connectivity index (χ4n) is 1.96. The summed E-state index contributed by atoms with van der Waals surface area (Å²) in [4.78, 5) is 14.5. The van der Waals surface area contributed by atoms with Crippen LogP contribution in [0.1, 0.15) is 10.4 Å². The lowest BCUT2D eigenvalue weighted by molar-refractivity contribution is 0.0700. The number of fused-ring (bicyclic) bond motifs is 1. The van der Waals surface area contributed by atoms with Crippen molar-refractivity contribution in [2.45, 2.75) is 0 Å². The minimum Gasteiger partial charge on any atom is -0.478 e. The maximum Gasteiger partial charge on any atom is 0.340 e. The molecule has 0 saturated carbocycles. The first-order chi connectivity index (χ1) is 9.15. The molecule has 0 radical (unpaired) electrons. The van der Waals surface area contributed by atoms with Gasteiger partial charge >= 0.3 is 5.97 Å². The third kappa shape index (κ3) is 2.24. The number of carboxylic acids is 1. The Hall–Kier alpha value is -1.79. The first-order valence-electron chi connectivity index (χ1n) is 5.51. The van der Waals surface area contributed by atoms with E-state index in [2.05, 4.69) is 26.2 Å². The highest BCUT2D eigenvalue weighted by atomic mass is 79.9. The number of halogens is 1. The zero-order chi connectivity index (χ0) is 13.4. The van der Waals surface area contributed by atoms with Crippen molar-refractivity contribution in [1.29, 1.82) is 0 Å². The Labute approximate surface area is 121 Å². The number of nitrogens with one attached hydrogen (secondary N) is 2. The van der Waals surface area contributed by atoms with E-state index >= 15 is 0 Å². The number of benzene rings is 1. The van der Waals surface area contributed by atoms with Crippen LogP contribution in [0.3, 0.4) is 0 Å². The number of hydrogen-bond acceptors (Lipinski definition) is 3. The molecule has 3 aromatic rings. The summed E-state index contributed by atoms with van der Waals surface area (Å²) >= 11 is 4.89. The second-order valence-electron chi connectivity index (χ2n) is 3.95. The molecule has 19 heavy (non-hydrogen) atoms. The van der Waals surface area contributed by atoms with Crippen LogP contribution in [-0.2, 0) is 0 Å². The van der Waals surface area contributed by atoms with Gasteiger partial charge in [0.05, 0.1) is 8.79 Å². The van der Waals surface area contributed by atoms with Gasteiger partial charge in [-0.3, -0.25) is 0 Å². The largest absolute Gasteiger partial charge is 0.478 e. The fraction of sp³-hybridized carbons (Fsp3) is 0. The van der Waals surface area contributed by atoms with Gasteiger partial charge in [-0.25, -0.2) is 4.79 Å². The lowest BCUT2D eigenvalue weighted by Crippen LogP contribution is -2.00. The van der Waals surface area contributed by atoms with Gasteiger partial charge in [0.2, 0.25) is 0 Å². The number of aromatic nitrogens is 1. The average molecular weight is 337 g/mol. The Morgan fingerprint density at radius 2 is 2.05 bits per heavy atom. The number of carboxylic acid groups (broad SMARTS) is 1. The van der Waals surface area contributed by atoms with Crippen LogP contribution in [0.2, 0.25) is 0 Å². The van der Waals surface area contributed by atoms with Gasteiger partial charge in [-0.15, -0.1) is 11.3 Å². The van der Waals surface area contributed by atoms with Crippen LogP contribution in [0.25, 0.3) is 10.9 Å². The van der Waals surface area contributed by atoms with Crippen molar-refractivity contribution in [3.63, 3.8) is 0 Å². The Bertz CT molecular complexity index is 763. The molecule has 0 spiro atoms. The third-order valence-electron chi connectivity index (χ3n) is 2.74.